The topological polar surface area (TPSA) is 61.3 Å². The molecular weight excluding hydrogens is 388 g/mol. The largest absolute Gasteiger partial charge is 0.494 e. The van der Waals surface area contributed by atoms with Crippen LogP contribution in [0.3, 0.4) is 0 Å². The van der Waals surface area contributed by atoms with Crippen LogP contribution in [0.5, 0.6) is 11.6 Å². The highest BCUT2D eigenvalue weighted by Gasteiger charge is 2.08. The first-order valence-corrected chi connectivity index (χ1v) is 11.6. The van der Waals surface area contributed by atoms with E-state index in [0.717, 1.165) is 43.6 Å². The molecule has 0 bridgehead atoms. The first-order valence-electron chi connectivity index (χ1n) is 11.6. The zero-order valence-electron chi connectivity index (χ0n) is 19.0. The summed E-state index contributed by atoms with van der Waals surface area (Å²) in [7, 11) is 0. The second kappa shape index (κ2) is 15.2. The molecule has 0 aliphatic rings. The number of allylic oxidation sites excluding steroid dienone is 2. The van der Waals surface area contributed by atoms with Gasteiger partial charge in [-0.1, -0.05) is 58.1 Å². The molecule has 0 amide bonds. The number of aromatic nitrogens is 2. The molecule has 0 atom stereocenters. The smallest absolute Gasteiger partial charge is 0.312 e. The highest BCUT2D eigenvalue weighted by molar-refractivity contribution is 5.72. The lowest BCUT2D eigenvalue weighted by atomic mass is 10.1. The first-order chi connectivity index (χ1) is 15.2. The van der Waals surface area contributed by atoms with Crippen LogP contribution in [0.4, 0.5) is 0 Å². The van der Waals surface area contributed by atoms with Crippen LogP contribution >= 0.6 is 0 Å². The predicted molar refractivity (Wildman–Crippen MR) is 125 cm³/mol. The third-order valence-electron chi connectivity index (χ3n) is 4.88. The summed E-state index contributed by atoms with van der Waals surface area (Å²) in [5, 5.41) is 0. The van der Waals surface area contributed by atoms with E-state index in [1.165, 1.54) is 32.1 Å². The third-order valence-corrected chi connectivity index (χ3v) is 4.88. The summed E-state index contributed by atoms with van der Waals surface area (Å²) >= 11 is 0. The molecule has 168 valence electrons. The zero-order chi connectivity index (χ0) is 22.2. The minimum absolute atomic E-state index is 0.270. The Morgan fingerprint density at radius 2 is 1.71 bits per heavy atom. The number of benzene rings is 1. The number of nitrogens with zero attached hydrogens (tertiary/aromatic N) is 2. The molecule has 5 heteroatoms. The number of rotatable bonds is 15. The van der Waals surface area contributed by atoms with Crippen molar-refractivity contribution in [3.63, 3.8) is 0 Å². The van der Waals surface area contributed by atoms with Gasteiger partial charge in [-0.3, -0.25) is 4.79 Å². The lowest BCUT2D eigenvalue weighted by Gasteiger charge is -2.08. The SMILES string of the molecule is CCC=CCCCC(=O)Oc1ccnc(-c2ccc(OCCCCCCCC)cc2)n1. The average Bonchev–Trinajstić information content (AvgIpc) is 2.79. The maximum Gasteiger partial charge on any atom is 0.312 e. The van der Waals surface area contributed by atoms with Gasteiger partial charge >= 0.3 is 5.97 Å². The summed E-state index contributed by atoms with van der Waals surface area (Å²) < 4.78 is 11.2. The average molecular weight is 425 g/mol. The number of carbonyl (C=O) groups excluding carboxylic acids is 1. The van der Waals surface area contributed by atoms with E-state index in [0.29, 0.717) is 12.2 Å². The van der Waals surface area contributed by atoms with Crippen LogP contribution in [0.2, 0.25) is 0 Å². The molecule has 0 aliphatic heterocycles. The van der Waals surface area contributed by atoms with Gasteiger partial charge in [-0.2, -0.15) is 4.98 Å². The first kappa shape index (κ1) is 24.6. The van der Waals surface area contributed by atoms with Crippen LogP contribution in [-0.4, -0.2) is 22.5 Å². The molecule has 1 aromatic heterocycles. The molecule has 0 aliphatic carbocycles. The highest BCUT2D eigenvalue weighted by atomic mass is 16.5. The molecule has 2 rings (SSSR count). The van der Waals surface area contributed by atoms with Crippen molar-refractivity contribution in [1.82, 2.24) is 9.97 Å². The zero-order valence-corrected chi connectivity index (χ0v) is 19.0. The van der Waals surface area contributed by atoms with Gasteiger partial charge in [0.05, 0.1) is 6.61 Å². The molecule has 0 unspecified atom stereocenters. The fourth-order valence-electron chi connectivity index (χ4n) is 3.13. The molecule has 0 fully saturated rings. The van der Waals surface area contributed by atoms with E-state index in [9.17, 15) is 4.79 Å². The molecule has 1 aromatic carbocycles. The summed E-state index contributed by atoms with van der Waals surface area (Å²) in [6, 6.07) is 9.32. The summed E-state index contributed by atoms with van der Waals surface area (Å²) in [4.78, 5) is 20.7. The molecule has 31 heavy (non-hydrogen) atoms. The van der Waals surface area contributed by atoms with Gasteiger partial charge < -0.3 is 9.47 Å². The Hall–Kier alpha value is -2.69. The molecule has 0 saturated carbocycles. The van der Waals surface area contributed by atoms with E-state index in [-0.39, 0.29) is 11.8 Å². The van der Waals surface area contributed by atoms with Crippen molar-refractivity contribution in [2.75, 3.05) is 6.61 Å². The number of esters is 1. The number of hydrogen-bond donors (Lipinski definition) is 0. The van der Waals surface area contributed by atoms with Gasteiger partial charge in [-0.05, 0) is 49.9 Å². The van der Waals surface area contributed by atoms with Gasteiger partial charge in [-0.25, -0.2) is 4.98 Å². The molecule has 0 N–H and O–H groups in total. The second-order valence-corrected chi connectivity index (χ2v) is 7.61. The Morgan fingerprint density at radius 3 is 2.48 bits per heavy atom. The number of carbonyl (C=O) groups is 1. The Labute approximate surface area is 186 Å². The Kier molecular flexibility index (Phi) is 12.0. The molecule has 0 spiro atoms. The predicted octanol–water partition coefficient (Wildman–Crippen LogP) is 6.92. The van der Waals surface area contributed by atoms with Crippen molar-refractivity contribution in [2.45, 2.75) is 78.1 Å². The van der Waals surface area contributed by atoms with E-state index in [2.05, 4.69) is 36.0 Å². The van der Waals surface area contributed by atoms with Crippen molar-refractivity contribution < 1.29 is 14.3 Å². The van der Waals surface area contributed by atoms with Gasteiger partial charge in [0.1, 0.15) is 5.75 Å². The summed E-state index contributed by atoms with van der Waals surface area (Å²) in [6.45, 7) is 5.06. The number of unbranched alkanes of at least 4 members (excludes halogenated alkanes) is 6. The van der Waals surface area contributed by atoms with Crippen LogP contribution < -0.4 is 9.47 Å². The van der Waals surface area contributed by atoms with Gasteiger partial charge in [0, 0.05) is 24.2 Å². The van der Waals surface area contributed by atoms with Gasteiger partial charge in [0.15, 0.2) is 5.82 Å². The number of hydrogen-bond acceptors (Lipinski definition) is 5. The summed E-state index contributed by atoms with van der Waals surface area (Å²) in [6.07, 6.45) is 16.3. The van der Waals surface area contributed by atoms with Gasteiger partial charge in [0.25, 0.3) is 0 Å². The summed E-state index contributed by atoms with van der Waals surface area (Å²) in [5.74, 6) is 1.38. The molecule has 1 heterocycles. The fraction of sp³-hybridized carbons (Fsp3) is 0.500. The summed E-state index contributed by atoms with van der Waals surface area (Å²) in [5.41, 5.74) is 0.856. The maximum atomic E-state index is 12.0. The molecule has 0 saturated heterocycles. The van der Waals surface area contributed by atoms with E-state index < -0.39 is 0 Å². The molecule has 5 nitrogen and oxygen atoms in total. The van der Waals surface area contributed by atoms with E-state index in [1.807, 2.05) is 24.3 Å². The van der Waals surface area contributed by atoms with Crippen molar-refractivity contribution in [3.8, 4) is 23.0 Å². The van der Waals surface area contributed by atoms with Crippen LogP contribution in [-0.2, 0) is 4.79 Å². The van der Waals surface area contributed by atoms with Crippen LogP contribution in [0.15, 0.2) is 48.7 Å². The highest BCUT2D eigenvalue weighted by Crippen LogP contribution is 2.21. The standard InChI is InChI=1S/C26H36N2O3/c1-3-5-7-9-11-13-21-30-23-17-15-22(16-18-23)26-27-20-19-24(28-26)31-25(29)14-12-10-8-6-4-2/h6,8,15-20H,3-5,7,9-14,21H2,1-2H3. The third kappa shape index (κ3) is 10.3. The van der Waals surface area contributed by atoms with Crippen LogP contribution in [0.25, 0.3) is 11.4 Å². The molecule has 2 aromatic rings. The molecule has 0 radical (unpaired) electrons. The van der Waals surface area contributed by atoms with Gasteiger partial charge in [0.2, 0.25) is 5.88 Å². The lowest BCUT2D eigenvalue weighted by Crippen LogP contribution is -2.09. The maximum absolute atomic E-state index is 12.0. The van der Waals surface area contributed by atoms with E-state index in [1.54, 1.807) is 12.3 Å². The van der Waals surface area contributed by atoms with E-state index >= 15 is 0 Å². The van der Waals surface area contributed by atoms with Crippen molar-refractivity contribution in [1.29, 1.82) is 0 Å². The Balaban J connectivity index is 1.78. The quantitative estimate of drug-likeness (QED) is 0.176. The lowest BCUT2D eigenvalue weighted by molar-refractivity contribution is -0.134. The van der Waals surface area contributed by atoms with Crippen molar-refractivity contribution in [2.24, 2.45) is 0 Å². The minimum Gasteiger partial charge on any atom is -0.494 e. The van der Waals surface area contributed by atoms with Crippen LogP contribution in [0.1, 0.15) is 78.1 Å². The fourth-order valence-corrected chi connectivity index (χ4v) is 3.13. The Bertz CT molecular complexity index is 787. The van der Waals surface area contributed by atoms with Crippen molar-refractivity contribution in [3.05, 3.63) is 48.7 Å². The monoisotopic (exact) mass is 424 g/mol. The second-order valence-electron chi connectivity index (χ2n) is 7.61. The Morgan fingerprint density at radius 1 is 0.935 bits per heavy atom. The van der Waals surface area contributed by atoms with Crippen LogP contribution in [0, 0.1) is 0 Å². The van der Waals surface area contributed by atoms with Crippen molar-refractivity contribution >= 4 is 5.97 Å². The minimum atomic E-state index is -0.270. The van der Waals surface area contributed by atoms with E-state index in [4.69, 9.17) is 9.47 Å². The number of ether oxygens (including phenoxy) is 2. The molecular formula is C26H36N2O3. The van der Waals surface area contributed by atoms with Gasteiger partial charge in [-0.15, -0.1) is 0 Å². The normalized spacial score (nSPS) is 11.0.